The van der Waals surface area contributed by atoms with Gasteiger partial charge in [0.15, 0.2) is 6.10 Å². The van der Waals surface area contributed by atoms with Crippen LogP contribution in [-0.4, -0.2) is 35.8 Å². The van der Waals surface area contributed by atoms with Gasteiger partial charge >= 0.3 is 12.0 Å². The van der Waals surface area contributed by atoms with Crippen LogP contribution in [0.2, 0.25) is 0 Å². The minimum Gasteiger partial charge on any atom is -0.449 e. The molecule has 1 aliphatic heterocycles. The number of rotatable bonds is 4. The van der Waals surface area contributed by atoms with Crippen molar-refractivity contribution < 1.29 is 28.7 Å². The Morgan fingerprint density at radius 1 is 1.00 bits per heavy atom. The number of nitrogens with two attached hydrogens (primary N) is 1. The summed E-state index contributed by atoms with van der Waals surface area (Å²) in [5, 5.41) is 1.80. The second-order valence-electron chi connectivity index (χ2n) is 6.90. The van der Waals surface area contributed by atoms with Crippen LogP contribution < -0.4 is 16.0 Å². The van der Waals surface area contributed by atoms with Gasteiger partial charge < -0.3 is 10.5 Å². The third-order valence-electron chi connectivity index (χ3n) is 4.63. The van der Waals surface area contributed by atoms with Crippen molar-refractivity contribution in [3.8, 4) is 0 Å². The first-order valence-corrected chi connectivity index (χ1v) is 9.01. The number of ether oxygens (including phenoxy) is 1. The predicted molar refractivity (Wildman–Crippen MR) is 106 cm³/mol. The fourth-order valence-corrected chi connectivity index (χ4v) is 3.05. The Labute approximate surface area is 171 Å². The molecule has 2 aromatic carbocycles. The highest BCUT2D eigenvalue weighted by Gasteiger charge is 2.38. The largest absolute Gasteiger partial charge is 0.449 e. The molecule has 1 unspecified atom stereocenters. The van der Waals surface area contributed by atoms with E-state index < -0.39 is 35.8 Å². The molecule has 0 aromatic heterocycles. The van der Waals surface area contributed by atoms with E-state index in [1.165, 1.54) is 25.1 Å². The molecule has 0 spiro atoms. The summed E-state index contributed by atoms with van der Waals surface area (Å²) >= 11 is 0. The number of anilines is 1. The van der Waals surface area contributed by atoms with Gasteiger partial charge in [0.05, 0.1) is 22.4 Å². The molecule has 0 radical (unpaired) electrons. The van der Waals surface area contributed by atoms with Crippen molar-refractivity contribution in [2.45, 2.75) is 26.9 Å². The molecule has 1 aliphatic rings. The average Bonchev–Trinajstić information content (AvgIpc) is 2.93. The second kappa shape index (κ2) is 7.78. The molecular weight excluding hydrogens is 390 g/mol. The number of benzene rings is 2. The lowest BCUT2D eigenvalue weighted by molar-refractivity contribution is -0.127. The maximum absolute atomic E-state index is 12.9. The first-order chi connectivity index (χ1) is 14.1. The Hall–Kier alpha value is -4.01. The van der Waals surface area contributed by atoms with Gasteiger partial charge in [-0.05, 0) is 56.2 Å². The van der Waals surface area contributed by atoms with Gasteiger partial charge in [-0.2, -0.15) is 0 Å². The maximum atomic E-state index is 12.9. The molecule has 154 valence electrons. The summed E-state index contributed by atoms with van der Waals surface area (Å²) in [7, 11) is 0. The van der Waals surface area contributed by atoms with E-state index in [0.29, 0.717) is 5.69 Å². The Bertz CT molecular complexity index is 1110. The summed E-state index contributed by atoms with van der Waals surface area (Å²) < 4.78 is 5.00. The highest BCUT2D eigenvalue weighted by molar-refractivity contribution is 6.35. The number of fused-ring (bicyclic) bond motifs is 1. The third kappa shape index (κ3) is 3.77. The van der Waals surface area contributed by atoms with Crippen molar-refractivity contribution in [1.29, 1.82) is 0 Å². The zero-order valence-electron chi connectivity index (χ0n) is 16.5. The Kier molecular flexibility index (Phi) is 5.37. The average molecular weight is 409 g/mol. The lowest BCUT2D eigenvalue weighted by Gasteiger charge is -2.17. The van der Waals surface area contributed by atoms with Crippen molar-refractivity contribution >= 4 is 35.4 Å². The second-order valence-corrected chi connectivity index (χ2v) is 6.90. The molecule has 0 bridgehead atoms. The Morgan fingerprint density at radius 2 is 1.67 bits per heavy atom. The van der Waals surface area contributed by atoms with Gasteiger partial charge in [0, 0.05) is 0 Å². The Morgan fingerprint density at radius 3 is 2.33 bits per heavy atom. The number of imide groups is 2. The van der Waals surface area contributed by atoms with Crippen molar-refractivity contribution in [3.05, 3.63) is 64.2 Å². The van der Waals surface area contributed by atoms with Gasteiger partial charge in [-0.15, -0.1) is 0 Å². The highest BCUT2D eigenvalue weighted by Crippen LogP contribution is 2.31. The van der Waals surface area contributed by atoms with E-state index in [1.807, 2.05) is 19.1 Å². The number of hydrogen-bond donors (Lipinski definition) is 2. The molecule has 30 heavy (non-hydrogen) atoms. The molecule has 0 saturated heterocycles. The topological polar surface area (TPSA) is 136 Å². The monoisotopic (exact) mass is 409 g/mol. The molecule has 0 aliphatic carbocycles. The molecular formula is C21H19N3O6. The summed E-state index contributed by atoms with van der Waals surface area (Å²) in [6.07, 6.45) is -1.29. The fourth-order valence-electron chi connectivity index (χ4n) is 3.05. The van der Waals surface area contributed by atoms with E-state index in [-0.39, 0.29) is 16.7 Å². The van der Waals surface area contributed by atoms with Crippen LogP contribution in [0.1, 0.15) is 49.1 Å². The SMILES string of the molecule is Cc1ccc(C)c(N2C(=O)c3ccc(C(=O)OC(C)C(=O)NC(N)=O)cc3C2=O)c1. The number of hydrogen-bond acceptors (Lipinski definition) is 6. The molecule has 0 fully saturated rings. The summed E-state index contributed by atoms with van der Waals surface area (Å²) in [6.45, 7) is 4.91. The number of aryl methyl sites for hydroxylation is 2. The zero-order chi connectivity index (χ0) is 22.2. The number of nitrogens with zero attached hydrogens (tertiary/aromatic N) is 1. The third-order valence-corrected chi connectivity index (χ3v) is 4.63. The van der Waals surface area contributed by atoms with Crippen LogP contribution in [0.4, 0.5) is 10.5 Å². The summed E-state index contributed by atoms with van der Waals surface area (Å²) in [5.74, 6) is -2.82. The minimum absolute atomic E-state index is 0.0172. The van der Waals surface area contributed by atoms with Crippen LogP contribution in [-0.2, 0) is 9.53 Å². The molecule has 3 N–H and O–H groups in total. The molecule has 1 atom stereocenters. The number of esters is 1. The lowest BCUT2D eigenvalue weighted by Crippen LogP contribution is -2.42. The van der Waals surface area contributed by atoms with Gasteiger partial charge in [0.25, 0.3) is 17.7 Å². The van der Waals surface area contributed by atoms with E-state index in [2.05, 4.69) is 0 Å². The van der Waals surface area contributed by atoms with E-state index in [0.717, 1.165) is 16.0 Å². The maximum Gasteiger partial charge on any atom is 0.338 e. The van der Waals surface area contributed by atoms with E-state index >= 15 is 0 Å². The summed E-state index contributed by atoms with van der Waals surface area (Å²) in [4.78, 5) is 61.6. The number of nitrogens with one attached hydrogen (secondary N) is 1. The van der Waals surface area contributed by atoms with Crippen molar-refractivity contribution in [3.63, 3.8) is 0 Å². The van der Waals surface area contributed by atoms with Crippen LogP contribution in [0.25, 0.3) is 0 Å². The number of carbonyl (C=O) groups is 5. The van der Waals surface area contributed by atoms with Crippen LogP contribution in [0.3, 0.4) is 0 Å². The molecule has 9 heteroatoms. The van der Waals surface area contributed by atoms with Gasteiger partial charge in [-0.3, -0.25) is 19.7 Å². The van der Waals surface area contributed by atoms with Crippen LogP contribution in [0.5, 0.6) is 0 Å². The number of urea groups is 1. The Balaban J connectivity index is 1.86. The van der Waals surface area contributed by atoms with Crippen LogP contribution >= 0.6 is 0 Å². The first-order valence-electron chi connectivity index (χ1n) is 9.01. The molecule has 0 saturated carbocycles. The molecule has 3 rings (SSSR count). The predicted octanol–water partition coefficient (Wildman–Crippen LogP) is 1.84. The van der Waals surface area contributed by atoms with Gasteiger partial charge in [0.1, 0.15) is 0 Å². The summed E-state index contributed by atoms with van der Waals surface area (Å²) in [5.41, 5.74) is 7.18. The van der Waals surface area contributed by atoms with E-state index in [9.17, 15) is 24.0 Å². The van der Waals surface area contributed by atoms with Crippen molar-refractivity contribution in [2.75, 3.05) is 4.90 Å². The standard InChI is InChI=1S/C21H19N3O6/c1-10-4-5-11(2)16(8-10)24-18(26)14-7-6-13(9-15(14)19(24)27)20(28)30-12(3)17(25)23-21(22)29/h4-9,12H,1-3H3,(H3,22,23,25,29). The molecule has 1 heterocycles. The molecule has 9 nitrogen and oxygen atoms in total. The smallest absolute Gasteiger partial charge is 0.338 e. The normalized spacial score (nSPS) is 13.6. The number of primary amides is 1. The van der Waals surface area contributed by atoms with Crippen molar-refractivity contribution in [2.24, 2.45) is 5.73 Å². The van der Waals surface area contributed by atoms with Gasteiger partial charge in [-0.1, -0.05) is 12.1 Å². The minimum atomic E-state index is -1.29. The van der Waals surface area contributed by atoms with Crippen LogP contribution in [0.15, 0.2) is 36.4 Å². The lowest BCUT2D eigenvalue weighted by atomic mass is 10.1. The molecule has 2 aromatic rings. The zero-order valence-corrected chi connectivity index (χ0v) is 16.5. The number of amides is 5. The highest BCUT2D eigenvalue weighted by atomic mass is 16.5. The van der Waals surface area contributed by atoms with Gasteiger partial charge in [-0.25, -0.2) is 14.5 Å². The quantitative estimate of drug-likeness (QED) is 0.584. The fraction of sp³-hybridized carbons (Fsp3) is 0.190. The first kappa shape index (κ1) is 20.7. The number of carbonyl (C=O) groups excluding carboxylic acids is 5. The van der Waals surface area contributed by atoms with Crippen molar-refractivity contribution in [1.82, 2.24) is 5.32 Å². The van der Waals surface area contributed by atoms with E-state index in [1.54, 1.807) is 18.3 Å². The van der Waals surface area contributed by atoms with Gasteiger partial charge in [0.2, 0.25) is 0 Å². The van der Waals surface area contributed by atoms with Crippen LogP contribution in [0, 0.1) is 13.8 Å². The summed E-state index contributed by atoms with van der Waals surface area (Å²) in [6, 6.07) is 8.31. The van der Waals surface area contributed by atoms with E-state index in [4.69, 9.17) is 10.5 Å². The molecule has 5 amide bonds.